The predicted molar refractivity (Wildman–Crippen MR) is 61.6 cm³/mol. The van der Waals surface area contributed by atoms with Crippen molar-refractivity contribution < 1.29 is 18.3 Å². The number of hydrogen-bond acceptors (Lipinski definition) is 4. The standard InChI is InChI=1S/C10H21NO4S/c1-9(7-12)16(13,14)11-8-10(3-4-10)5-6-15-2/h9,11-12H,3-8H2,1-2H3. The summed E-state index contributed by atoms with van der Waals surface area (Å²) in [6, 6.07) is 0. The molecule has 0 bridgehead atoms. The molecule has 2 N–H and O–H groups in total. The number of ether oxygens (including phenoxy) is 1. The number of aliphatic hydroxyl groups excluding tert-OH is 1. The van der Waals surface area contributed by atoms with E-state index in [4.69, 9.17) is 9.84 Å². The number of hydrogen-bond donors (Lipinski definition) is 2. The quantitative estimate of drug-likeness (QED) is 0.642. The van der Waals surface area contributed by atoms with Crippen LogP contribution in [0.25, 0.3) is 0 Å². The summed E-state index contributed by atoms with van der Waals surface area (Å²) in [6.07, 6.45) is 2.98. The van der Waals surface area contributed by atoms with E-state index in [-0.39, 0.29) is 12.0 Å². The average molecular weight is 251 g/mol. The maximum absolute atomic E-state index is 11.6. The van der Waals surface area contributed by atoms with Gasteiger partial charge in [-0.2, -0.15) is 0 Å². The topological polar surface area (TPSA) is 75.6 Å². The normalized spacial score (nSPS) is 20.7. The molecule has 1 aliphatic carbocycles. The summed E-state index contributed by atoms with van der Waals surface area (Å²) in [5.41, 5.74) is 0.0955. The van der Waals surface area contributed by atoms with E-state index in [0.717, 1.165) is 19.3 Å². The van der Waals surface area contributed by atoms with Gasteiger partial charge in [0.25, 0.3) is 0 Å². The van der Waals surface area contributed by atoms with Gasteiger partial charge in [0.1, 0.15) is 0 Å². The van der Waals surface area contributed by atoms with E-state index in [1.54, 1.807) is 7.11 Å². The minimum Gasteiger partial charge on any atom is -0.395 e. The summed E-state index contributed by atoms with van der Waals surface area (Å²) < 4.78 is 30.8. The fourth-order valence-electron chi connectivity index (χ4n) is 1.50. The molecule has 0 amide bonds. The number of nitrogens with one attached hydrogen (secondary N) is 1. The molecule has 0 saturated heterocycles. The van der Waals surface area contributed by atoms with Crippen molar-refractivity contribution in [3.8, 4) is 0 Å². The second-order valence-electron chi connectivity index (χ2n) is 4.60. The molecule has 1 unspecified atom stereocenters. The monoisotopic (exact) mass is 251 g/mol. The summed E-state index contributed by atoms with van der Waals surface area (Å²) in [5, 5.41) is 8.07. The van der Waals surface area contributed by atoms with E-state index in [0.29, 0.717) is 13.2 Å². The van der Waals surface area contributed by atoms with E-state index in [2.05, 4.69) is 4.72 Å². The maximum atomic E-state index is 11.6. The Morgan fingerprint density at radius 3 is 2.56 bits per heavy atom. The van der Waals surface area contributed by atoms with Crippen LogP contribution in [0.2, 0.25) is 0 Å². The molecule has 5 nitrogen and oxygen atoms in total. The van der Waals surface area contributed by atoms with E-state index in [1.807, 2.05) is 0 Å². The largest absolute Gasteiger partial charge is 0.395 e. The average Bonchev–Trinajstić information content (AvgIpc) is 3.03. The van der Waals surface area contributed by atoms with Crippen LogP contribution in [-0.4, -0.2) is 45.6 Å². The molecular formula is C10H21NO4S. The van der Waals surface area contributed by atoms with Crippen LogP contribution in [0.5, 0.6) is 0 Å². The lowest BCUT2D eigenvalue weighted by atomic mass is 10.0. The van der Waals surface area contributed by atoms with Gasteiger partial charge in [-0.15, -0.1) is 0 Å². The second kappa shape index (κ2) is 5.44. The van der Waals surface area contributed by atoms with Crippen molar-refractivity contribution >= 4 is 10.0 Å². The van der Waals surface area contributed by atoms with Crippen molar-refractivity contribution in [3.05, 3.63) is 0 Å². The Labute approximate surface area is 97.2 Å². The summed E-state index contributed by atoms with van der Waals surface area (Å²) in [7, 11) is -1.72. The first kappa shape index (κ1) is 13.9. The van der Waals surface area contributed by atoms with Crippen LogP contribution in [0, 0.1) is 5.41 Å². The smallest absolute Gasteiger partial charge is 0.216 e. The van der Waals surface area contributed by atoms with Crippen LogP contribution in [0.1, 0.15) is 26.2 Å². The highest BCUT2D eigenvalue weighted by atomic mass is 32.2. The Morgan fingerprint density at radius 1 is 1.50 bits per heavy atom. The molecule has 0 radical (unpaired) electrons. The van der Waals surface area contributed by atoms with E-state index < -0.39 is 15.3 Å². The SMILES string of the molecule is COCCC1(CNS(=O)(=O)C(C)CO)CC1. The van der Waals surface area contributed by atoms with Crippen LogP contribution in [0.15, 0.2) is 0 Å². The number of aliphatic hydroxyl groups is 1. The number of methoxy groups -OCH3 is 1. The highest BCUT2D eigenvalue weighted by molar-refractivity contribution is 7.90. The molecule has 6 heteroatoms. The number of sulfonamides is 1. The Morgan fingerprint density at radius 2 is 2.12 bits per heavy atom. The predicted octanol–water partition coefficient (Wildman–Crippen LogP) is 0.103. The summed E-state index contributed by atoms with van der Waals surface area (Å²) in [6.45, 7) is 2.28. The lowest BCUT2D eigenvalue weighted by Crippen LogP contribution is -2.38. The molecule has 96 valence electrons. The Kier molecular flexibility index (Phi) is 4.73. The fourth-order valence-corrected chi connectivity index (χ4v) is 2.49. The zero-order chi connectivity index (χ0) is 12.2. The second-order valence-corrected chi connectivity index (χ2v) is 6.79. The fraction of sp³-hybridized carbons (Fsp3) is 1.00. The molecule has 1 fully saturated rings. The van der Waals surface area contributed by atoms with Crippen molar-refractivity contribution in [2.45, 2.75) is 31.4 Å². The highest BCUT2D eigenvalue weighted by Crippen LogP contribution is 2.48. The molecule has 0 aliphatic heterocycles. The zero-order valence-corrected chi connectivity index (χ0v) is 10.7. The molecule has 0 aromatic heterocycles. The first-order valence-corrected chi connectivity index (χ1v) is 7.09. The van der Waals surface area contributed by atoms with Crippen LogP contribution in [0.3, 0.4) is 0 Å². The molecule has 1 atom stereocenters. The van der Waals surface area contributed by atoms with Gasteiger partial charge < -0.3 is 9.84 Å². The molecule has 1 saturated carbocycles. The van der Waals surface area contributed by atoms with Crippen molar-refractivity contribution in [3.63, 3.8) is 0 Å². The third kappa shape index (κ3) is 3.69. The Balaban J connectivity index is 2.39. The van der Waals surface area contributed by atoms with Gasteiger partial charge >= 0.3 is 0 Å². The number of rotatable bonds is 8. The van der Waals surface area contributed by atoms with Crippen molar-refractivity contribution in [2.24, 2.45) is 5.41 Å². The lowest BCUT2D eigenvalue weighted by Gasteiger charge is -2.17. The van der Waals surface area contributed by atoms with Crippen LogP contribution >= 0.6 is 0 Å². The maximum Gasteiger partial charge on any atom is 0.216 e. The van der Waals surface area contributed by atoms with E-state index >= 15 is 0 Å². The third-order valence-electron chi connectivity index (χ3n) is 3.23. The van der Waals surface area contributed by atoms with Crippen molar-refractivity contribution in [1.82, 2.24) is 4.72 Å². The third-order valence-corrected chi connectivity index (χ3v) is 4.98. The van der Waals surface area contributed by atoms with Gasteiger partial charge in [0.15, 0.2) is 0 Å². The lowest BCUT2D eigenvalue weighted by molar-refractivity contribution is 0.173. The molecule has 0 aromatic rings. The molecule has 1 rings (SSSR count). The van der Waals surface area contributed by atoms with E-state index in [9.17, 15) is 8.42 Å². The summed E-state index contributed by atoms with van der Waals surface area (Å²) in [5.74, 6) is 0. The first-order chi connectivity index (χ1) is 7.46. The minimum atomic E-state index is -3.37. The molecule has 0 heterocycles. The first-order valence-electron chi connectivity index (χ1n) is 5.54. The van der Waals surface area contributed by atoms with E-state index in [1.165, 1.54) is 6.92 Å². The Bertz CT molecular complexity index is 311. The minimum absolute atomic E-state index is 0.0955. The molecule has 1 aliphatic rings. The van der Waals surface area contributed by atoms with Gasteiger partial charge in [-0.05, 0) is 31.6 Å². The van der Waals surface area contributed by atoms with Crippen molar-refractivity contribution in [2.75, 3.05) is 26.9 Å². The molecule has 0 aromatic carbocycles. The molecular weight excluding hydrogens is 230 g/mol. The van der Waals surface area contributed by atoms with Crippen LogP contribution in [0.4, 0.5) is 0 Å². The highest BCUT2D eigenvalue weighted by Gasteiger charge is 2.42. The van der Waals surface area contributed by atoms with Gasteiger partial charge in [-0.25, -0.2) is 13.1 Å². The van der Waals surface area contributed by atoms with Crippen LogP contribution < -0.4 is 4.72 Å². The van der Waals surface area contributed by atoms with Gasteiger partial charge in [0, 0.05) is 20.3 Å². The molecule has 16 heavy (non-hydrogen) atoms. The zero-order valence-electron chi connectivity index (χ0n) is 9.90. The van der Waals surface area contributed by atoms with Gasteiger partial charge in [0.05, 0.1) is 11.9 Å². The summed E-state index contributed by atoms with van der Waals surface area (Å²) >= 11 is 0. The van der Waals surface area contributed by atoms with Crippen molar-refractivity contribution in [1.29, 1.82) is 0 Å². The van der Waals surface area contributed by atoms with Crippen LogP contribution in [-0.2, 0) is 14.8 Å². The van der Waals surface area contributed by atoms with Gasteiger partial charge in [-0.1, -0.05) is 0 Å². The Hall–Kier alpha value is -0.170. The van der Waals surface area contributed by atoms with Gasteiger partial charge in [0.2, 0.25) is 10.0 Å². The van der Waals surface area contributed by atoms with Gasteiger partial charge in [-0.3, -0.25) is 0 Å². The molecule has 0 spiro atoms. The summed E-state index contributed by atoms with van der Waals surface area (Å²) in [4.78, 5) is 0.